The van der Waals surface area contributed by atoms with Crippen molar-refractivity contribution in [2.75, 3.05) is 13.1 Å². The van der Waals surface area contributed by atoms with E-state index in [9.17, 15) is 14.7 Å². The molecule has 8 nitrogen and oxygen atoms in total. The standard InChI is InChI=1S/C30H34BrClN4O4/c1-18(2)40-26-12-11-21(15-24(26)32)28(37)34-22(16-33-29(38)30(3,4)39)14-19-7-9-20(10-8-19)25-17-36-13-5-6-23(31)27(36)35-25/h5-13,15,18,22,25,39H,14,16-17H2,1-4H3,(H,33,38)(H,34,37)/t22-,25?/m0/s1. The molecule has 10 heteroatoms. The third-order valence-electron chi connectivity index (χ3n) is 6.45. The second kappa shape index (κ2) is 12.6. The number of nitrogens with zero attached hydrogens (tertiary/aromatic N) is 2. The number of hydrogen-bond donors (Lipinski definition) is 3. The molecule has 0 aliphatic carbocycles. The van der Waals surface area contributed by atoms with Crippen LogP contribution in [0.4, 0.5) is 0 Å². The smallest absolute Gasteiger partial charge is 0.251 e. The van der Waals surface area contributed by atoms with Crippen LogP contribution in [-0.4, -0.2) is 58.5 Å². The molecule has 2 aromatic carbocycles. The third kappa shape index (κ3) is 7.53. The number of ether oxygens (including phenoxy) is 1. The van der Waals surface area contributed by atoms with E-state index < -0.39 is 17.6 Å². The minimum atomic E-state index is -1.54. The molecule has 2 amide bonds. The summed E-state index contributed by atoms with van der Waals surface area (Å²) in [6.45, 7) is 7.53. The van der Waals surface area contributed by atoms with Crippen molar-refractivity contribution in [2.24, 2.45) is 4.99 Å². The van der Waals surface area contributed by atoms with Crippen LogP contribution in [-0.2, 0) is 11.2 Å². The number of nitrogens with one attached hydrogen (secondary N) is 2. The van der Waals surface area contributed by atoms with Crippen molar-refractivity contribution in [3.05, 3.63) is 87.0 Å². The van der Waals surface area contributed by atoms with Crippen molar-refractivity contribution in [3.63, 3.8) is 0 Å². The number of fused-ring (bicyclic) bond motifs is 1. The van der Waals surface area contributed by atoms with Crippen LogP contribution in [0.15, 0.2) is 70.3 Å². The molecule has 2 aliphatic heterocycles. The number of aliphatic hydroxyl groups is 1. The predicted molar refractivity (Wildman–Crippen MR) is 161 cm³/mol. The Balaban J connectivity index is 1.46. The summed E-state index contributed by atoms with van der Waals surface area (Å²) < 4.78 is 6.62. The molecule has 1 unspecified atom stereocenters. The Morgan fingerprint density at radius 3 is 2.58 bits per heavy atom. The lowest BCUT2D eigenvalue weighted by Gasteiger charge is -2.23. The minimum absolute atomic E-state index is 0.0155. The molecule has 0 aromatic heterocycles. The lowest BCUT2D eigenvalue weighted by molar-refractivity contribution is -0.136. The van der Waals surface area contributed by atoms with Crippen LogP contribution in [0.5, 0.6) is 5.75 Å². The zero-order valence-corrected chi connectivity index (χ0v) is 25.3. The van der Waals surface area contributed by atoms with E-state index in [4.69, 9.17) is 21.3 Å². The Morgan fingerprint density at radius 2 is 1.95 bits per heavy atom. The second-order valence-corrected chi connectivity index (χ2v) is 11.9. The number of carbonyl (C=O) groups excluding carboxylic acids is 2. The Morgan fingerprint density at radius 1 is 1.23 bits per heavy atom. The highest BCUT2D eigenvalue weighted by Gasteiger charge is 2.28. The largest absolute Gasteiger partial charge is 0.489 e. The Bertz CT molecular complexity index is 1350. The molecule has 40 heavy (non-hydrogen) atoms. The van der Waals surface area contributed by atoms with Crippen molar-refractivity contribution in [1.82, 2.24) is 15.5 Å². The summed E-state index contributed by atoms with van der Waals surface area (Å²) in [5, 5.41) is 16.1. The first-order valence-corrected chi connectivity index (χ1v) is 14.3. The number of benzene rings is 2. The molecule has 3 N–H and O–H groups in total. The molecule has 212 valence electrons. The summed E-state index contributed by atoms with van der Waals surface area (Å²) in [5.41, 5.74) is 0.912. The summed E-state index contributed by atoms with van der Waals surface area (Å²) >= 11 is 9.91. The number of amides is 2. The van der Waals surface area contributed by atoms with Gasteiger partial charge in [-0.3, -0.25) is 14.6 Å². The fourth-order valence-electron chi connectivity index (χ4n) is 4.38. The van der Waals surface area contributed by atoms with E-state index in [1.165, 1.54) is 13.8 Å². The quantitative estimate of drug-likeness (QED) is 0.346. The number of amidine groups is 1. The Labute approximate surface area is 248 Å². The van der Waals surface area contributed by atoms with Crippen LogP contribution in [0, 0.1) is 0 Å². The number of allylic oxidation sites excluding steroid dienone is 2. The van der Waals surface area contributed by atoms with Gasteiger partial charge < -0.3 is 25.4 Å². The van der Waals surface area contributed by atoms with Gasteiger partial charge in [0.05, 0.1) is 34.2 Å². The maximum Gasteiger partial charge on any atom is 0.251 e. The van der Waals surface area contributed by atoms with Crippen LogP contribution in [0.1, 0.15) is 55.2 Å². The lowest BCUT2D eigenvalue weighted by atomic mass is 10.0. The number of aliphatic imine (C=N–C) groups is 1. The SMILES string of the molecule is CC(C)Oc1ccc(C(=O)N[C@H](CNC(=O)C(C)(C)O)Cc2ccc(C3CN4C=CC=C(Br)C4=N3)cc2)cc1Cl. The molecule has 0 spiro atoms. The summed E-state index contributed by atoms with van der Waals surface area (Å²) in [7, 11) is 0. The van der Waals surface area contributed by atoms with Gasteiger partial charge in [0.2, 0.25) is 0 Å². The molecular formula is C30H34BrClN4O4. The number of rotatable bonds is 10. The number of carbonyl (C=O) groups is 2. The van der Waals surface area contributed by atoms with E-state index in [0.29, 0.717) is 22.8 Å². The molecule has 2 heterocycles. The molecule has 4 rings (SSSR count). The van der Waals surface area contributed by atoms with E-state index in [-0.39, 0.29) is 24.6 Å². The predicted octanol–water partition coefficient (Wildman–Crippen LogP) is 4.92. The van der Waals surface area contributed by atoms with Crippen LogP contribution < -0.4 is 15.4 Å². The van der Waals surface area contributed by atoms with Crippen molar-refractivity contribution >= 4 is 45.2 Å². The molecule has 0 saturated heterocycles. The second-order valence-electron chi connectivity index (χ2n) is 10.7. The fourth-order valence-corrected chi connectivity index (χ4v) is 5.09. The monoisotopic (exact) mass is 628 g/mol. The van der Waals surface area contributed by atoms with Gasteiger partial charge in [0.25, 0.3) is 11.8 Å². The molecule has 0 bridgehead atoms. The Kier molecular flexibility index (Phi) is 9.38. The highest BCUT2D eigenvalue weighted by atomic mass is 79.9. The normalized spacial score (nSPS) is 17.2. The third-order valence-corrected chi connectivity index (χ3v) is 7.36. The van der Waals surface area contributed by atoms with Gasteiger partial charge in [-0.05, 0) is 91.5 Å². The lowest BCUT2D eigenvalue weighted by Crippen LogP contribution is -2.49. The van der Waals surface area contributed by atoms with E-state index in [2.05, 4.69) is 31.5 Å². The summed E-state index contributed by atoms with van der Waals surface area (Å²) in [6, 6.07) is 12.6. The summed E-state index contributed by atoms with van der Waals surface area (Å²) in [6.07, 6.45) is 6.40. The van der Waals surface area contributed by atoms with E-state index in [1.807, 2.05) is 56.5 Å². The average Bonchev–Trinajstić information content (AvgIpc) is 3.33. The fraction of sp³-hybridized carbons (Fsp3) is 0.367. The van der Waals surface area contributed by atoms with Crippen molar-refractivity contribution in [2.45, 2.75) is 57.9 Å². The average molecular weight is 630 g/mol. The van der Waals surface area contributed by atoms with Gasteiger partial charge in [-0.1, -0.05) is 35.9 Å². The number of hydrogen-bond acceptors (Lipinski definition) is 6. The molecule has 2 atom stereocenters. The molecular weight excluding hydrogens is 596 g/mol. The van der Waals surface area contributed by atoms with Crippen LogP contribution >= 0.6 is 27.5 Å². The zero-order chi connectivity index (χ0) is 29.0. The van der Waals surface area contributed by atoms with Gasteiger partial charge in [0.1, 0.15) is 17.2 Å². The highest BCUT2D eigenvalue weighted by molar-refractivity contribution is 9.12. The molecule has 2 aliphatic rings. The van der Waals surface area contributed by atoms with Gasteiger partial charge in [-0.15, -0.1) is 0 Å². The molecule has 0 fully saturated rings. The maximum atomic E-state index is 13.1. The zero-order valence-electron chi connectivity index (χ0n) is 22.9. The summed E-state index contributed by atoms with van der Waals surface area (Å²) in [5.74, 6) is 0.574. The van der Waals surface area contributed by atoms with Crippen molar-refractivity contribution < 1.29 is 19.4 Å². The van der Waals surface area contributed by atoms with Crippen LogP contribution in [0.25, 0.3) is 0 Å². The first-order chi connectivity index (χ1) is 18.9. The summed E-state index contributed by atoms with van der Waals surface area (Å²) in [4.78, 5) is 32.5. The first kappa shape index (κ1) is 29.8. The van der Waals surface area contributed by atoms with Gasteiger partial charge >= 0.3 is 0 Å². The van der Waals surface area contributed by atoms with Gasteiger partial charge in [0, 0.05) is 18.3 Å². The molecule has 0 radical (unpaired) electrons. The van der Waals surface area contributed by atoms with Crippen LogP contribution in [0.2, 0.25) is 5.02 Å². The first-order valence-electron chi connectivity index (χ1n) is 13.2. The minimum Gasteiger partial charge on any atom is -0.489 e. The topological polar surface area (TPSA) is 103 Å². The molecule has 2 aromatic rings. The van der Waals surface area contributed by atoms with E-state index in [1.54, 1.807) is 18.2 Å². The highest BCUT2D eigenvalue weighted by Crippen LogP contribution is 2.31. The van der Waals surface area contributed by atoms with Gasteiger partial charge in [0.15, 0.2) is 0 Å². The van der Waals surface area contributed by atoms with Gasteiger partial charge in [-0.2, -0.15) is 0 Å². The maximum absolute atomic E-state index is 13.1. The van der Waals surface area contributed by atoms with Crippen LogP contribution in [0.3, 0.4) is 0 Å². The van der Waals surface area contributed by atoms with Crippen molar-refractivity contribution in [3.8, 4) is 5.75 Å². The Hall–Kier alpha value is -3.14. The van der Waals surface area contributed by atoms with E-state index >= 15 is 0 Å². The van der Waals surface area contributed by atoms with E-state index in [0.717, 1.165) is 28.0 Å². The van der Waals surface area contributed by atoms with Crippen molar-refractivity contribution in [1.29, 1.82) is 0 Å². The van der Waals surface area contributed by atoms with Gasteiger partial charge in [-0.25, -0.2) is 0 Å². The molecule has 0 saturated carbocycles. The number of halogens is 2.